The number of pyridine rings is 1. The normalized spacial score (nSPS) is 15.1. The van der Waals surface area contributed by atoms with E-state index in [0.717, 1.165) is 60.4 Å². The maximum atomic E-state index is 11.4. The zero-order valence-corrected chi connectivity index (χ0v) is 18.0. The monoisotopic (exact) mass is 428 g/mol. The van der Waals surface area contributed by atoms with Gasteiger partial charge in [0.2, 0.25) is 5.91 Å². The Balaban J connectivity index is 1.64. The summed E-state index contributed by atoms with van der Waals surface area (Å²) in [6, 6.07) is 11.7. The molecule has 160 valence electrons. The number of nitrogens with two attached hydrogens (primary N) is 1. The predicted molar refractivity (Wildman–Crippen MR) is 121 cm³/mol. The van der Waals surface area contributed by atoms with Crippen LogP contribution < -0.4 is 21.3 Å². The number of halogens is 1. The summed E-state index contributed by atoms with van der Waals surface area (Å²) in [6.07, 6.45) is 3.34. The minimum absolute atomic E-state index is 0.0353. The van der Waals surface area contributed by atoms with Gasteiger partial charge >= 0.3 is 0 Å². The number of anilines is 1. The van der Waals surface area contributed by atoms with Gasteiger partial charge in [-0.05, 0) is 43.5 Å². The molecule has 0 bridgehead atoms. The van der Waals surface area contributed by atoms with Crippen molar-refractivity contribution in [2.45, 2.75) is 32.9 Å². The molecule has 7 nitrogen and oxygen atoms in total. The van der Waals surface area contributed by atoms with E-state index in [-0.39, 0.29) is 11.8 Å². The lowest BCUT2D eigenvalue weighted by Gasteiger charge is -2.32. The lowest BCUT2D eigenvalue weighted by Crippen LogP contribution is -2.40. The Hall–Kier alpha value is -2.80. The summed E-state index contributed by atoms with van der Waals surface area (Å²) in [5.74, 6) is 1.45. The van der Waals surface area contributed by atoms with Crippen molar-refractivity contribution in [3.05, 3.63) is 58.7 Å². The Morgan fingerprint density at radius 1 is 1.23 bits per heavy atom. The van der Waals surface area contributed by atoms with E-state index in [9.17, 15) is 4.79 Å². The van der Waals surface area contributed by atoms with Crippen molar-refractivity contribution in [3.8, 4) is 0 Å². The molecular formula is C22H29ClN6O. The summed E-state index contributed by atoms with van der Waals surface area (Å²) in [5, 5.41) is 7.40. The molecule has 1 fully saturated rings. The summed E-state index contributed by atoms with van der Waals surface area (Å²) in [5.41, 5.74) is 7.64. The second kappa shape index (κ2) is 10.8. The fraction of sp³-hybridized carbons (Fsp3) is 0.409. The molecule has 2 heterocycles. The highest BCUT2D eigenvalue weighted by Gasteiger charge is 2.24. The summed E-state index contributed by atoms with van der Waals surface area (Å²) in [7, 11) is 0. The molecule has 1 aromatic heterocycles. The molecule has 0 spiro atoms. The smallest absolute Gasteiger partial charge is 0.220 e. The molecule has 0 atom stereocenters. The first-order valence-electron chi connectivity index (χ1n) is 10.3. The van der Waals surface area contributed by atoms with Gasteiger partial charge < -0.3 is 21.3 Å². The highest BCUT2D eigenvalue weighted by Crippen LogP contribution is 2.24. The highest BCUT2D eigenvalue weighted by atomic mass is 35.5. The number of piperidine rings is 1. The van der Waals surface area contributed by atoms with Crippen molar-refractivity contribution in [1.29, 1.82) is 0 Å². The Morgan fingerprint density at radius 3 is 2.63 bits per heavy atom. The van der Waals surface area contributed by atoms with Gasteiger partial charge in [0.1, 0.15) is 5.82 Å². The molecular weight excluding hydrogens is 400 g/mol. The van der Waals surface area contributed by atoms with Gasteiger partial charge in [0.05, 0.1) is 6.54 Å². The Bertz CT molecular complexity index is 862. The van der Waals surface area contributed by atoms with E-state index in [1.165, 1.54) is 0 Å². The number of primary amides is 1. The molecule has 1 saturated heterocycles. The second-order valence-corrected chi connectivity index (χ2v) is 7.76. The van der Waals surface area contributed by atoms with Crippen molar-refractivity contribution in [2.75, 3.05) is 24.5 Å². The number of hydrogen-bond acceptors (Lipinski definition) is 4. The number of aliphatic imine (C=N–C) groups is 1. The van der Waals surface area contributed by atoms with Crippen molar-refractivity contribution in [3.63, 3.8) is 0 Å². The van der Waals surface area contributed by atoms with Crippen LogP contribution in [0.25, 0.3) is 0 Å². The summed E-state index contributed by atoms with van der Waals surface area (Å²) < 4.78 is 0. The first-order chi connectivity index (χ1) is 14.6. The minimum Gasteiger partial charge on any atom is -0.369 e. The molecule has 0 aliphatic carbocycles. The van der Waals surface area contributed by atoms with Gasteiger partial charge in [-0.2, -0.15) is 0 Å². The van der Waals surface area contributed by atoms with Crippen LogP contribution in [0, 0.1) is 5.92 Å². The van der Waals surface area contributed by atoms with Crippen molar-refractivity contribution in [1.82, 2.24) is 15.6 Å². The number of carbonyl (C=O) groups is 1. The Labute approximate surface area is 182 Å². The molecule has 1 aromatic carbocycles. The first kappa shape index (κ1) is 21.9. The topological polar surface area (TPSA) is 95.6 Å². The van der Waals surface area contributed by atoms with Crippen LogP contribution in [0.3, 0.4) is 0 Å². The molecule has 0 unspecified atom stereocenters. The van der Waals surface area contributed by atoms with Crippen LogP contribution >= 0.6 is 11.6 Å². The molecule has 1 aliphatic rings. The van der Waals surface area contributed by atoms with Gasteiger partial charge in [-0.25, -0.2) is 9.98 Å². The number of nitrogens with one attached hydrogen (secondary N) is 2. The molecule has 1 amide bonds. The first-order valence-corrected chi connectivity index (χ1v) is 10.7. The van der Waals surface area contributed by atoms with Crippen LogP contribution in [0.4, 0.5) is 5.82 Å². The largest absolute Gasteiger partial charge is 0.369 e. The number of hydrogen-bond donors (Lipinski definition) is 3. The van der Waals surface area contributed by atoms with Crippen LogP contribution in [-0.4, -0.2) is 36.5 Å². The molecule has 3 rings (SSSR count). The Kier molecular flexibility index (Phi) is 7.90. The van der Waals surface area contributed by atoms with Gasteiger partial charge in [0.25, 0.3) is 0 Å². The second-order valence-electron chi connectivity index (χ2n) is 7.33. The van der Waals surface area contributed by atoms with Crippen LogP contribution in [0.5, 0.6) is 0 Å². The number of guanidine groups is 1. The predicted octanol–water partition coefficient (Wildman–Crippen LogP) is 2.69. The number of aromatic nitrogens is 1. The standard InChI is InChI=1S/C22H29ClN6O/c1-2-25-22(27-14-16-5-7-19(23)8-6-16)28-15-18-4-3-11-26-21(18)29-12-9-17(10-13-29)20(24)30/h3-8,11,17H,2,9-10,12-15H2,1H3,(H2,24,30)(H2,25,27,28). The third kappa shape index (κ3) is 6.10. The van der Waals surface area contributed by atoms with E-state index < -0.39 is 0 Å². The van der Waals surface area contributed by atoms with Crippen LogP contribution in [0.1, 0.15) is 30.9 Å². The summed E-state index contributed by atoms with van der Waals surface area (Å²) in [4.78, 5) is 22.9. The number of rotatable bonds is 7. The van der Waals surface area contributed by atoms with Crippen LogP contribution in [0.2, 0.25) is 5.02 Å². The zero-order valence-electron chi connectivity index (χ0n) is 17.3. The number of amides is 1. The zero-order chi connectivity index (χ0) is 21.3. The SMILES string of the molecule is CCNC(=NCc1ccc(Cl)cc1)NCc1cccnc1N1CCC(C(N)=O)CC1. The third-order valence-electron chi connectivity index (χ3n) is 5.19. The van der Waals surface area contributed by atoms with Gasteiger partial charge in [0.15, 0.2) is 5.96 Å². The average molecular weight is 429 g/mol. The maximum Gasteiger partial charge on any atom is 0.220 e. The fourth-order valence-corrected chi connectivity index (χ4v) is 3.64. The average Bonchev–Trinajstić information content (AvgIpc) is 2.77. The summed E-state index contributed by atoms with van der Waals surface area (Å²) >= 11 is 5.95. The lowest BCUT2D eigenvalue weighted by molar-refractivity contribution is -0.122. The highest BCUT2D eigenvalue weighted by molar-refractivity contribution is 6.30. The number of carbonyl (C=O) groups excluding carboxylic acids is 1. The fourth-order valence-electron chi connectivity index (χ4n) is 3.51. The van der Waals surface area contributed by atoms with Crippen LogP contribution in [0.15, 0.2) is 47.6 Å². The molecule has 2 aromatic rings. The number of benzene rings is 1. The third-order valence-corrected chi connectivity index (χ3v) is 5.44. The number of nitrogens with zero attached hydrogens (tertiary/aromatic N) is 3. The van der Waals surface area contributed by atoms with Gasteiger partial charge in [-0.1, -0.05) is 29.8 Å². The molecule has 8 heteroatoms. The maximum absolute atomic E-state index is 11.4. The van der Waals surface area contributed by atoms with Gasteiger partial charge in [-0.15, -0.1) is 0 Å². The summed E-state index contributed by atoms with van der Waals surface area (Å²) in [6.45, 7) is 5.54. The minimum atomic E-state index is -0.204. The van der Waals surface area contributed by atoms with Crippen molar-refractivity contribution >= 4 is 29.3 Å². The van der Waals surface area contributed by atoms with E-state index in [2.05, 4.69) is 31.6 Å². The molecule has 30 heavy (non-hydrogen) atoms. The molecule has 4 N–H and O–H groups in total. The van der Waals surface area contributed by atoms with Crippen molar-refractivity contribution < 1.29 is 4.79 Å². The van der Waals surface area contributed by atoms with Gasteiger partial charge in [-0.3, -0.25) is 4.79 Å². The van der Waals surface area contributed by atoms with E-state index in [1.54, 1.807) is 6.20 Å². The lowest BCUT2D eigenvalue weighted by atomic mass is 9.96. The van der Waals surface area contributed by atoms with Gasteiger partial charge in [0, 0.05) is 48.9 Å². The van der Waals surface area contributed by atoms with E-state index >= 15 is 0 Å². The van der Waals surface area contributed by atoms with Crippen LogP contribution in [-0.2, 0) is 17.9 Å². The van der Waals surface area contributed by atoms with E-state index in [0.29, 0.717) is 13.1 Å². The quantitative estimate of drug-likeness (QED) is 0.465. The molecule has 0 saturated carbocycles. The van der Waals surface area contributed by atoms with E-state index in [1.807, 2.05) is 37.3 Å². The molecule has 0 radical (unpaired) electrons. The Morgan fingerprint density at radius 2 is 1.97 bits per heavy atom. The van der Waals surface area contributed by atoms with Crippen molar-refractivity contribution in [2.24, 2.45) is 16.6 Å². The van der Waals surface area contributed by atoms with E-state index in [4.69, 9.17) is 17.3 Å². The molecule has 1 aliphatic heterocycles.